The summed E-state index contributed by atoms with van der Waals surface area (Å²) >= 11 is 5.81. The average molecular weight is 294 g/mol. The first-order valence-electron chi connectivity index (χ1n) is 5.80. The van der Waals surface area contributed by atoms with Crippen LogP contribution in [0.15, 0.2) is 42.5 Å². The summed E-state index contributed by atoms with van der Waals surface area (Å²) in [4.78, 5) is 10.4. The van der Waals surface area contributed by atoms with E-state index in [1.807, 2.05) is 18.2 Å². The molecule has 0 radical (unpaired) electrons. The average Bonchev–Trinajstić information content (AvgIpc) is 2.45. The minimum absolute atomic E-state index is 0.0538. The molecule has 0 saturated carbocycles. The van der Waals surface area contributed by atoms with E-state index in [-0.39, 0.29) is 23.1 Å². The molecule has 0 spiro atoms. The molecule has 0 aliphatic heterocycles. The van der Waals surface area contributed by atoms with Crippen molar-refractivity contribution in [2.45, 2.75) is 6.61 Å². The third kappa shape index (κ3) is 3.19. The van der Waals surface area contributed by atoms with Gasteiger partial charge in [-0.15, -0.1) is 0 Å². The Balaban J connectivity index is 2.18. The molecule has 0 aromatic heterocycles. The molecule has 20 heavy (non-hydrogen) atoms. The molecular weight excluding hydrogens is 282 g/mol. The molecule has 0 atom stereocenters. The number of ether oxygens (including phenoxy) is 2. The summed E-state index contributed by atoms with van der Waals surface area (Å²) in [5.74, 6) is 0.844. The summed E-state index contributed by atoms with van der Waals surface area (Å²) < 4.78 is 10.6. The fraction of sp³-hybridized carbons (Fsp3) is 0.143. The summed E-state index contributed by atoms with van der Waals surface area (Å²) in [6, 6.07) is 11.9. The predicted octanol–water partition coefficient (Wildman–Crippen LogP) is 3.84. The summed E-state index contributed by atoms with van der Waals surface area (Å²) in [7, 11) is 1.57. The van der Waals surface area contributed by atoms with Crippen LogP contribution >= 0.6 is 11.6 Å². The van der Waals surface area contributed by atoms with Crippen molar-refractivity contribution in [1.29, 1.82) is 0 Å². The van der Waals surface area contributed by atoms with E-state index in [0.29, 0.717) is 5.75 Å². The van der Waals surface area contributed by atoms with Crippen LogP contribution in [-0.4, -0.2) is 12.0 Å². The van der Waals surface area contributed by atoms with Gasteiger partial charge in [-0.3, -0.25) is 10.1 Å². The van der Waals surface area contributed by atoms with Crippen LogP contribution in [0.5, 0.6) is 11.5 Å². The molecule has 0 saturated heterocycles. The van der Waals surface area contributed by atoms with Gasteiger partial charge in [0.2, 0.25) is 0 Å². The molecule has 0 heterocycles. The smallest absolute Gasteiger partial charge is 0.329 e. The lowest BCUT2D eigenvalue weighted by molar-refractivity contribution is -0.385. The number of para-hydroxylation sites is 1. The lowest BCUT2D eigenvalue weighted by Crippen LogP contribution is -2.00. The quantitative estimate of drug-likeness (QED) is 0.621. The first-order chi connectivity index (χ1) is 9.61. The van der Waals surface area contributed by atoms with Crippen LogP contribution in [0.4, 0.5) is 5.69 Å². The zero-order valence-electron chi connectivity index (χ0n) is 10.7. The highest BCUT2D eigenvalue weighted by Gasteiger charge is 2.19. The molecule has 2 aromatic rings. The Hall–Kier alpha value is -2.27. The Kier molecular flexibility index (Phi) is 4.42. The summed E-state index contributed by atoms with van der Waals surface area (Å²) in [5.41, 5.74) is 0.621. The molecule has 0 N–H and O–H groups in total. The first kappa shape index (κ1) is 14.1. The highest BCUT2D eigenvalue weighted by atomic mass is 35.5. The normalized spacial score (nSPS) is 10.1. The number of nitro groups is 1. The Morgan fingerprint density at radius 3 is 2.70 bits per heavy atom. The number of methoxy groups -OCH3 is 1. The van der Waals surface area contributed by atoms with Gasteiger partial charge in [-0.05, 0) is 29.8 Å². The molecule has 2 aromatic carbocycles. The van der Waals surface area contributed by atoms with E-state index in [2.05, 4.69) is 0 Å². The number of rotatable bonds is 5. The number of hydrogen-bond acceptors (Lipinski definition) is 4. The maximum Gasteiger partial charge on any atom is 0.329 e. The van der Waals surface area contributed by atoms with E-state index in [1.54, 1.807) is 19.2 Å². The lowest BCUT2D eigenvalue weighted by atomic mass is 10.2. The standard InChI is InChI=1S/C14H12ClNO4/c1-19-11-5-2-4-10(8-11)9-20-13-7-3-6-12(15)14(13)16(17)18/h2-8H,9H2,1H3. The van der Waals surface area contributed by atoms with E-state index in [1.165, 1.54) is 12.1 Å². The third-order valence-corrected chi connectivity index (χ3v) is 2.97. The molecule has 104 valence electrons. The van der Waals surface area contributed by atoms with Crippen molar-refractivity contribution in [1.82, 2.24) is 0 Å². The van der Waals surface area contributed by atoms with Crippen LogP contribution in [0.2, 0.25) is 5.02 Å². The molecule has 0 aliphatic rings. The number of nitro benzene ring substituents is 1. The molecule has 0 unspecified atom stereocenters. The third-order valence-electron chi connectivity index (χ3n) is 2.66. The summed E-state index contributed by atoms with van der Waals surface area (Å²) in [6.45, 7) is 0.193. The van der Waals surface area contributed by atoms with E-state index < -0.39 is 4.92 Å². The molecular formula is C14H12ClNO4. The van der Waals surface area contributed by atoms with Gasteiger partial charge < -0.3 is 9.47 Å². The molecule has 0 amide bonds. The fourth-order valence-corrected chi connectivity index (χ4v) is 1.95. The van der Waals surface area contributed by atoms with Gasteiger partial charge in [-0.25, -0.2) is 0 Å². The van der Waals surface area contributed by atoms with E-state index in [0.717, 1.165) is 5.56 Å². The number of hydrogen-bond donors (Lipinski definition) is 0. The van der Waals surface area contributed by atoms with Crippen LogP contribution in [0.25, 0.3) is 0 Å². The molecule has 2 rings (SSSR count). The maximum absolute atomic E-state index is 11.0. The van der Waals surface area contributed by atoms with Crippen LogP contribution in [0.1, 0.15) is 5.56 Å². The zero-order valence-corrected chi connectivity index (χ0v) is 11.5. The van der Waals surface area contributed by atoms with E-state index in [4.69, 9.17) is 21.1 Å². The largest absolute Gasteiger partial charge is 0.497 e. The van der Waals surface area contributed by atoms with Crippen molar-refractivity contribution < 1.29 is 14.4 Å². The monoisotopic (exact) mass is 293 g/mol. The Morgan fingerprint density at radius 2 is 2.00 bits per heavy atom. The minimum atomic E-state index is -0.552. The Labute approximate surface area is 120 Å². The fourth-order valence-electron chi connectivity index (χ4n) is 1.71. The highest BCUT2D eigenvalue weighted by molar-refractivity contribution is 6.32. The second kappa shape index (κ2) is 6.25. The minimum Gasteiger partial charge on any atom is -0.497 e. The molecule has 0 fully saturated rings. The van der Waals surface area contributed by atoms with Gasteiger partial charge in [-0.1, -0.05) is 29.8 Å². The SMILES string of the molecule is COc1cccc(COc2cccc(Cl)c2[N+](=O)[O-])c1. The van der Waals surface area contributed by atoms with Crippen molar-refractivity contribution in [2.75, 3.05) is 7.11 Å². The van der Waals surface area contributed by atoms with Crippen molar-refractivity contribution in [3.63, 3.8) is 0 Å². The van der Waals surface area contributed by atoms with Gasteiger partial charge in [0.15, 0.2) is 5.75 Å². The van der Waals surface area contributed by atoms with Gasteiger partial charge in [0.05, 0.1) is 12.0 Å². The van der Waals surface area contributed by atoms with Crippen molar-refractivity contribution in [3.8, 4) is 11.5 Å². The van der Waals surface area contributed by atoms with Crippen molar-refractivity contribution in [2.24, 2.45) is 0 Å². The lowest BCUT2D eigenvalue weighted by Gasteiger charge is -2.08. The van der Waals surface area contributed by atoms with E-state index in [9.17, 15) is 10.1 Å². The van der Waals surface area contributed by atoms with Gasteiger partial charge in [0, 0.05) is 0 Å². The van der Waals surface area contributed by atoms with Gasteiger partial charge >= 0.3 is 5.69 Å². The van der Waals surface area contributed by atoms with Gasteiger partial charge in [0.25, 0.3) is 0 Å². The number of halogens is 1. The van der Waals surface area contributed by atoms with Crippen LogP contribution < -0.4 is 9.47 Å². The molecule has 6 heteroatoms. The number of nitrogens with zero attached hydrogens (tertiary/aromatic N) is 1. The Bertz CT molecular complexity index is 630. The van der Waals surface area contributed by atoms with Crippen LogP contribution in [0.3, 0.4) is 0 Å². The summed E-state index contributed by atoms with van der Waals surface area (Å²) in [6.07, 6.45) is 0. The van der Waals surface area contributed by atoms with E-state index >= 15 is 0 Å². The molecule has 5 nitrogen and oxygen atoms in total. The second-order valence-electron chi connectivity index (χ2n) is 3.98. The molecule has 0 aliphatic carbocycles. The van der Waals surface area contributed by atoms with Crippen molar-refractivity contribution >= 4 is 17.3 Å². The highest BCUT2D eigenvalue weighted by Crippen LogP contribution is 2.34. The first-order valence-corrected chi connectivity index (χ1v) is 6.18. The zero-order chi connectivity index (χ0) is 14.5. The molecule has 0 bridgehead atoms. The van der Waals surface area contributed by atoms with Crippen LogP contribution in [-0.2, 0) is 6.61 Å². The Morgan fingerprint density at radius 1 is 1.25 bits per heavy atom. The predicted molar refractivity (Wildman–Crippen MR) is 75.4 cm³/mol. The number of benzene rings is 2. The summed E-state index contributed by atoms with van der Waals surface area (Å²) in [5, 5.41) is 11.0. The van der Waals surface area contributed by atoms with Crippen molar-refractivity contribution in [3.05, 3.63) is 63.2 Å². The van der Waals surface area contributed by atoms with Crippen LogP contribution in [0, 0.1) is 10.1 Å². The second-order valence-corrected chi connectivity index (χ2v) is 4.39. The van der Waals surface area contributed by atoms with Gasteiger partial charge in [-0.2, -0.15) is 0 Å². The maximum atomic E-state index is 11.0. The topological polar surface area (TPSA) is 61.6 Å². The van der Waals surface area contributed by atoms with Gasteiger partial charge in [0.1, 0.15) is 17.4 Å².